The molecular weight excluding hydrogens is 392 g/mol. The van der Waals surface area contributed by atoms with E-state index < -0.39 is 17.4 Å². The monoisotopic (exact) mass is 416 g/mol. The van der Waals surface area contributed by atoms with Crippen LogP contribution in [0.25, 0.3) is 11.1 Å². The summed E-state index contributed by atoms with van der Waals surface area (Å²) in [5.41, 5.74) is 2.63. The molecule has 2 aromatic rings. The summed E-state index contributed by atoms with van der Waals surface area (Å²) in [6.45, 7) is 3.74. The van der Waals surface area contributed by atoms with Crippen molar-refractivity contribution >= 4 is 28.9 Å². The van der Waals surface area contributed by atoms with E-state index in [1.807, 2.05) is 60.7 Å². The molecule has 0 saturated heterocycles. The Bertz CT molecular complexity index is 1010. The zero-order chi connectivity index (χ0) is 22.0. The van der Waals surface area contributed by atoms with Crippen LogP contribution in [0.1, 0.15) is 37.8 Å². The molecule has 0 bridgehead atoms. The zero-order valence-corrected chi connectivity index (χ0v) is 17.6. The SMILES string of the molecule is CCOC(=O)C1(C(=O)OCC)CC2=C(c3ccccc3)C(=O)C(c3ccccc3)=C2C1. The number of hydrogen-bond donors (Lipinski definition) is 0. The van der Waals surface area contributed by atoms with E-state index in [0.717, 1.165) is 22.3 Å². The number of esters is 2. The molecule has 0 N–H and O–H groups in total. The molecule has 4 rings (SSSR count). The summed E-state index contributed by atoms with van der Waals surface area (Å²) in [5, 5.41) is 0. The van der Waals surface area contributed by atoms with E-state index in [1.165, 1.54) is 0 Å². The van der Waals surface area contributed by atoms with Gasteiger partial charge in [0, 0.05) is 24.0 Å². The fraction of sp³-hybridized carbons (Fsp3) is 0.269. The summed E-state index contributed by atoms with van der Waals surface area (Å²) < 4.78 is 10.6. The van der Waals surface area contributed by atoms with Crippen molar-refractivity contribution in [3.63, 3.8) is 0 Å². The summed E-state index contributed by atoms with van der Waals surface area (Å²) in [7, 11) is 0. The highest BCUT2D eigenvalue weighted by Gasteiger charge is 2.57. The van der Waals surface area contributed by atoms with Crippen LogP contribution in [0.5, 0.6) is 0 Å². The number of allylic oxidation sites excluding steroid dienone is 4. The van der Waals surface area contributed by atoms with Gasteiger partial charge in [-0.1, -0.05) is 60.7 Å². The summed E-state index contributed by atoms with van der Waals surface area (Å²) in [4.78, 5) is 39.6. The molecule has 0 unspecified atom stereocenters. The molecule has 1 saturated carbocycles. The van der Waals surface area contributed by atoms with Gasteiger partial charge in [0.05, 0.1) is 13.2 Å². The molecule has 0 amide bonds. The van der Waals surface area contributed by atoms with Crippen molar-refractivity contribution < 1.29 is 23.9 Å². The van der Waals surface area contributed by atoms with Gasteiger partial charge in [-0.05, 0) is 36.1 Å². The van der Waals surface area contributed by atoms with Crippen molar-refractivity contribution in [2.45, 2.75) is 26.7 Å². The summed E-state index contributed by atoms with van der Waals surface area (Å²) in [5.74, 6) is -1.28. The Balaban J connectivity index is 1.92. The molecule has 31 heavy (non-hydrogen) atoms. The minimum atomic E-state index is -1.47. The molecule has 0 aliphatic heterocycles. The zero-order valence-electron chi connectivity index (χ0n) is 17.6. The number of ether oxygens (including phenoxy) is 2. The van der Waals surface area contributed by atoms with Gasteiger partial charge in [-0.3, -0.25) is 14.4 Å². The van der Waals surface area contributed by atoms with Gasteiger partial charge >= 0.3 is 11.9 Å². The van der Waals surface area contributed by atoms with Gasteiger partial charge in [0.15, 0.2) is 11.2 Å². The van der Waals surface area contributed by atoms with Crippen LogP contribution < -0.4 is 0 Å². The first-order chi connectivity index (χ1) is 15.0. The van der Waals surface area contributed by atoms with Gasteiger partial charge in [0.2, 0.25) is 0 Å². The smallest absolute Gasteiger partial charge is 0.324 e. The second kappa shape index (κ2) is 8.34. The highest BCUT2D eigenvalue weighted by atomic mass is 16.6. The van der Waals surface area contributed by atoms with Crippen molar-refractivity contribution in [2.24, 2.45) is 5.41 Å². The van der Waals surface area contributed by atoms with E-state index in [1.54, 1.807) is 13.8 Å². The maximum atomic E-state index is 13.6. The van der Waals surface area contributed by atoms with E-state index in [0.29, 0.717) is 11.1 Å². The number of carbonyl (C=O) groups is 3. The number of rotatable bonds is 6. The normalized spacial score (nSPS) is 17.0. The van der Waals surface area contributed by atoms with Gasteiger partial charge in [0.25, 0.3) is 0 Å². The average Bonchev–Trinajstić information content (AvgIpc) is 3.28. The van der Waals surface area contributed by atoms with Crippen LogP contribution in [-0.2, 0) is 23.9 Å². The molecule has 0 heterocycles. The summed E-state index contributed by atoms with van der Waals surface area (Å²) in [6.07, 6.45) is 0.179. The van der Waals surface area contributed by atoms with E-state index in [4.69, 9.17) is 9.47 Å². The predicted octanol–water partition coefficient (Wildman–Crippen LogP) is 4.38. The maximum Gasteiger partial charge on any atom is 0.324 e. The number of carbonyl (C=O) groups excluding carboxylic acids is 3. The number of Topliss-reactive ketones (excluding diaryl/α,β-unsaturated/α-hetero) is 1. The molecule has 158 valence electrons. The Morgan fingerprint density at radius 2 is 1.13 bits per heavy atom. The molecular formula is C26H24O5. The lowest BCUT2D eigenvalue weighted by Gasteiger charge is -2.24. The number of ketones is 1. The van der Waals surface area contributed by atoms with Crippen molar-refractivity contribution in [2.75, 3.05) is 13.2 Å². The fourth-order valence-electron chi connectivity index (χ4n) is 4.49. The highest BCUT2D eigenvalue weighted by Crippen LogP contribution is 2.56. The van der Waals surface area contributed by atoms with Crippen LogP contribution in [0.4, 0.5) is 0 Å². The lowest BCUT2D eigenvalue weighted by Crippen LogP contribution is -2.40. The van der Waals surface area contributed by atoms with Gasteiger partial charge in [0.1, 0.15) is 0 Å². The molecule has 2 aromatic carbocycles. The quantitative estimate of drug-likeness (QED) is 0.516. The molecule has 5 heteroatoms. The fourth-order valence-corrected chi connectivity index (χ4v) is 4.49. The third-order valence-electron chi connectivity index (χ3n) is 5.84. The molecule has 0 spiro atoms. The lowest BCUT2D eigenvalue weighted by molar-refractivity contribution is -0.171. The minimum absolute atomic E-state index is 0.0799. The Kier molecular flexibility index (Phi) is 5.59. The van der Waals surface area contributed by atoms with Crippen LogP contribution in [0.2, 0.25) is 0 Å². The molecule has 2 aliphatic rings. The number of benzene rings is 2. The molecule has 1 fully saturated rings. The van der Waals surface area contributed by atoms with Crippen LogP contribution in [0.3, 0.4) is 0 Å². The Morgan fingerprint density at radius 3 is 1.48 bits per heavy atom. The Labute approximate surface area is 181 Å². The standard InChI is InChI=1S/C26H24O5/c1-3-30-24(28)26(25(29)31-4-2)15-19-20(16-26)22(18-13-9-6-10-14-18)23(27)21(19)17-11-7-5-8-12-17/h5-14H,3-4,15-16H2,1-2H3. The van der Waals surface area contributed by atoms with Gasteiger partial charge in [-0.25, -0.2) is 0 Å². The predicted molar refractivity (Wildman–Crippen MR) is 117 cm³/mol. The number of hydrogen-bond acceptors (Lipinski definition) is 5. The molecule has 5 nitrogen and oxygen atoms in total. The summed E-state index contributed by atoms with van der Waals surface area (Å²) in [6, 6.07) is 18.8. The van der Waals surface area contributed by atoms with Crippen LogP contribution >= 0.6 is 0 Å². The first-order valence-electron chi connectivity index (χ1n) is 10.5. The van der Waals surface area contributed by atoms with Crippen molar-refractivity contribution in [3.8, 4) is 0 Å². The third-order valence-corrected chi connectivity index (χ3v) is 5.84. The lowest BCUT2D eigenvalue weighted by atomic mass is 9.83. The van der Waals surface area contributed by atoms with E-state index in [2.05, 4.69) is 0 Å². The highest BCUT2D eigenvalue weighted by molar-refractivity contribution is 6.47. The van der Waals surface area contributed by atoms with Crippen molar-refractivity contribution in [1.82, 2.24) is 0 Å². The molecule has 0 aromatic heterocycles. The van der Waals surface area contributed by atoms with Gasteiger partial charge < -0.3 is 9.47 Å². The summed E-state index contributed by atoms with van der Waals surface area (Å²) >= 11 is 0. The van der Waals surface area contributed by atoms with E-state index in [-0.39, 0.29) is 31.8 Å². The first-order valence-corrected chi connectivity index (χ1v) is 10.5. The van der Waals surface area contributed by atoms with E-state index in [9.17, 15) is 14.4 Å². The van der Waals surface area contributed by atoms with Crippen LogP contribution in [0, 0.1) is 5.41 Å². The van der Waals surface area contributed by atoms with Gasteiger partial charge in [-0.15, -0.1) is 0 Å². The van der Waals surface area contributed by atoms with Crippen LogP contribution in [-0.4, -0.2) is 30.9 Å². The number of fused-ring (bicyclic) bond motifs is 1. The maximum absolute atomic E-state index is 13.6. The average molecular weight is 416 g/mol. The second-order valence-electron chi connectivity index (χ2n) is 7.64. The topological polar surface area (TPSA) is 69.7 Å². The largest absolute Gasteiger partial charge is 0.465 e. The van der Waals surface area contributed by atoms with Crippen molar-refractivity contribution in [3.05, 3.63) is 82.9 Å². The van der Waals surface area contributed by atoms with Crippen LogP contribution in [0.15, 0.2) is 71.8 Å². The van der Waals surface area contributed by atoms with Crippen molar-refractivity contribution in [1.29, 1.82) is 0 Å². The third kappa shape index (κ3) is 3.40. The minimum Gasteiger partial charge on any atom is -0.465 e. The molecule has 2 aliphatic carbocycles. The molecule has 0 radical (unpaired) electrons. The van der Waals surface area contributed by atoms with E-state index >= 15 is 0 Å². The molecule has 0 atom stereocenters. The Hall–Kier alpha value is -3.47. The second-order valence-corrected chi connectivity index (χ2v) is 7.64. The Morgan fingerprint density at radius 1 is 0.742 bits per heavy atom. The first kappa shape index (κ1) is 20.8. The van der Waals surface area contributed by atoms with Gasteiger partial charge in [-0.2, -0.15) is 0 Å².